The minimum absolute atomic E-state index is 0.0597. The van der Waals surface area contributed by atoms with E-state index in [1.165, 1.54) is 5.56 Å². The topological polar surface area (TPSA) is 73.5 Å². The lowest BCUT2D eigenvalue weighted by molar-refractivity contribution is 0.355. The van der Waals surface area contributed by atoms with E-state index in [0.717, 1.165) is 36.8 Å². The minimum Gasteiger partial charge on any atom is -0.493 e. The van der Waals surface area contributed by atoms with Crippen LogP contribution in [0, 0.1) is 0 Å². The van der Waals surface area contributed by atoms with Gasteiger partial charge in [-0.1, -0.05) is 37.3 Å². The quantitative estimate of drug-likeness (QED) is 0.745. The number of hydrogen-bond acceptors (Lipinski definition) is 6. The molecule has 0 amide bonds. The van der Waals surface area contributed by atoms with Crippen molar-refractivity contribution in [3.05, 3.63) is 48.0 Å². The van der Waals surface area contributed by atoms with Crippen LogP contribution >= 0.6 is 0 Å². The van der Waals surface area contributed by atoms with Crippen molar-refractivity contribution in [1.82, 2.24) is 9.97 Å². The van der Waals surface area contributed by atoms with Gasteiger partial charge in [0.25, 0.3) is 0 Å². The highest BCUT2D eigenvalue weighted by molar-refractivity contribution is 5.91. The second kappa shape index (κ2) is 7.19. The van der Waals surface area contributed by atoms with Gasteiger partial charge in [-0.25, -0.2) is 4.98 Å². The Bertz CT molecular complexity index is 993. The minimum atomic E-state index is 0.0597. The largest absolute Gasteiger partial charge is 0.493 e. The number of fused-ring (bicyclic) bond motifs is 1. The number of nitrogens with two attached hydrogens (primary N) is 1. The molecule has 0 aliphatic carbocycles. The molecule has 6 nitrogen and oxygen atoms in total. The number of piperidine rings is 1. The maximum Gasteiger partial charge on any atom is 0.227 e. The van der Waals surface area contributed by atoms with Crippen molar-refractivity contribution in [2.75, 3.05) is 37.9 Å². The molecule has 0 saturated carbocycles. The Hall–Kier alpha value is -3.02. The number of hydrogen-bond donors (Lipinski definition) is 1. The molecule has 4 rings (SSSR count). The van der Waals surface area contributed by atoms with Gasteiger partial charge in [0.1, 0.15) is 5.82 Å². The van der Waals surface area contributed by atoms with Gasteiger partial charge in [-0.3, -0.25) is 0 Å². The van der Waals surface area contributed by atoms with Gasteiger partial charge >= 0.3 is 0 Å². The number of methoxy groups -OCH3 is 2. The molecule has 146 valence electrons. The Morgan fingerprint density at radius 2 is 1.75 bits per heavy atom. The summed E-state index contributed by atoms with van der Waals surface area (Å²) in [7, 11) is 3.22. The van der Waals surface area contributed by atoms with E-state index in [4.69, 9.17) is 20.2 Å². The summed E-state index contributed by atoms with van der Waals surface area (Å²) >= 11 is 0. The molecule has 3 aromatic rings. The van der Waals surface area contributed by atoms with Gasteiger partial charge in [-0.05, 0) is 24.5 Å². The molecule has 1 saturated heterocycles. The number of anilines is 2. The second-order valence-corrected chi connectivity index (χ2v) is 7.58. The summed E-state index contributed by atoms with van der Waals surface area (Å²) in [5.74, 6) is 2.37. The van der Waals surface area contributed by atoms with Crippen LogP contribution in [-0.4, -0.2) is 37.3 Å². The SMILES string of the molecule is COc1cc2nc(N3CCC[C@@](C)(c4ccccc4)C3)nc(N)c2cc1OC. The van der Waals surface area contributed by atoms with Crippen molar-refractivity contribution in [2.45, 2.75) is 25.2 Å². The van der Waals surface area contributed by atoms with Crippen molar-refractivity contribution in [3.63, 3.8) is 0 Å². The zero-order valence-corrected chi connectivity index (χ0v) is 16.6. The van der Waals surface area contributed by atoms with E-state index in [-0.39, 0.29) is 5.41 Å². The van der Waals surface area contributed by atoms with E-state index in [1.54, 1.807) is 14.2 Å². The highest BCUT2D eigenvalue weighted by Gasteiger charge is 2.33. The predicted octanol–water partition coefficient (Wildman–Crippen LogP) is 3.79. The molecule has 1 fully saturated rings. The van der Waals surface area contributed by atoms with Crippen LogP contribution in [0.1, 0.15) is 25.3 Å². The van der Waals surface area contributed by atoms with Crippen LogP contribution in [0.15, 0.2) is 42.5 Å². The van der Waals surface area contributed by atoms with Crippen molar-refractivity contribution < 1.29 is 9.47 Å². The Kier molecular flexibility index (Phi) is 4.71. The fraction of sp³-hybridized carbons (Fsp3) is 0.364. The molecule has 0 unspecified atom stereocenters. The summed E-state index contributed by atoms with van der Waals surface area (Å²) in [6.07, 6.45) is 2.22. The number of aromatic nitrogens is 2. The third kappa shape index (κ3) is 3.19. The first-order chi connectivity index (χ1) is 13.5. The summed E-state index contributed by atoms with van der Waals surface area (Å²) < 4.78 is 10.8. The Morgan fingerprint density at radius 1 is 1.04 bits per heavy atom. The fourth-order valence-electron chi connectivity index (χ4n) is 4.09. The number of benzene rings is 2. The van der Waals surface area contributed by atoms with E-state index in [1.807, 2.05) is 12.1 Å². The van der Waals surface area contributed by atoms with Crippen molar-refractivity contribution in [2.24, 2.45) is 0 Å². The molecule has 0 bridgehead atoms. The molecule has 2 heterocycles. The smallest absolute Gasteiger partial charge is 0.227 e. The molecule has 1 atom stereocenters. The lowest BCUT2D eigenvalue weighted by Crippen LogP contribution is -2.45. The van der Waals surface area contributed by atoms with Gasteiger partial charge in [-0.2, -0.15) is 4.98 Å². The lowest BCUT2D eigenvalue weighted by atomic mass is 9.76. The molecular formula is C22H26N4O2. The first kappa shape index (κ1) is 18.3. The average Bonchev–Trinajstić information content (AvgIpc) is 2.73. The standard InChI is InChI=1S/C22H26N4O2/c1-22(15-8-5-4-6-9-15)10-7-11-26(14-22)21-24-17-13-19(28-3)18(27-2)12-16(17)20(23)25-21/h4-6,8-9,12-13H,7,10-11,14H2,1-3H3,(H2,23,24,25)/t22-/m1/s1. The molecule has 0 radical (unpaired) electrons. The van der Waals surface area contributed by atoms with Crippen LogP contribution < -0.4 is 20.1 Å². The highest BCUT2D eigenvalue weighted by atomic mass is 16.5. The summed E-state index contributed by atoms with van der Waals surface area (Å²) in [4.78, 5) is 11.7. The maximum atomic E-state index is 6.28. The van der Waals surface area contributed by atoms with E-state index < -0.39 is 0 Å². The molecule has 1 aliphatic heterocycles. The van der Waals surface area contributed by atoms with Crippen molar-refractivity contribution in [3.8, 4) is 11.5 Å². The van der Waals surface area contributed by atoms with Crippen molar-refractivity contribution in [1.29, 1.82) is 0 Å². The predicted molar refractivity (Wildman–Crippen MR) is 112 cm³/mol. The van der Waals surface area contributed by atoms with Crippen LogP contribution in [0.5, 0.6) is 11.5 Å². The van der Waals surface area contributed by atoms with Crippen LogP contribution in [0.4, 0.5) is 11.8 Å². The van der Waals surface area contributed by atoms with E-state index in [9.17, 15) is 0 Å². The van der Waals surface area contributed by atoms with Gasteiger partial charge in [-0.15, -0.1) is 0 Å². The molecule has 6 heteroatoms. The summed E-state index contributed by atoms with van der Waals surface area (Å²) in [6.45, 7) is 4.09. The van der Waals surface area contributed by atoms with Gasteiger partial charge in [0.05, 0.1) is 19.7 Å². The molecule has 2 N–H and O–H groups in total. The van der Waals surface area contributed by atoms with Gasteiger partial charge in [0.15, 0.2) is 11.5 Å². The second-order valence-electron chi connectivity index (χ2n) is 7.58. The number of nitrogen functional groups attached to an aromatic ring is 1. The zero-order valence-electron chi connectivity index (χ0n) is 16.6. The summed E-state index contributed by atoms with van der Waals surface area (Å²) in [5.41, 5.74) is 8.45. The summed E-state index contributed by atoms with van der Waals surface area (Å²) in [6, 6.07) is 14.4. The van der Waals surface area contributed by atoms with Crippen LogP contribution in [0.3, 0.4) is 0 Å². The average molecular weight is 378 g/mol. The molecular weight excluding hydrogens is 352 g/mol. The molecule has 2 aromatic carbocycles. The number of ether oxygens (including phenoxy) is 2. The Morgan fingerprint density at radius 3 is 2.46 bits per heavy atom. The Labute approximate surface area is 165 Å². The van der Waals surface area contributed by atoms with Crippen LogP contribution in [0.2, 0.25) is 0 Å². The van der Waals surface area contributed by atoms with Gasteiger partial charge < -0.3 is 20.1 Å². The molecule has 1 aromatic heterocycles. The van der Waals surface area contributed by atoms with Crippen molar-refractivity contribution >= 4 is 22.7 Å². The first-order valence-electron chi connectivity index (χ1n) is 9.54. The van der Waals surface area contributed by atoms with Gasteiger partial charge in [0.2, 0.25) is 5.95 Å². The maximum absolute atomic E-state index is 6.28. The highest BCUT2D eigenvalue weighted by Crippen LogP contribution is 2.37. The molecule has 1 aliphatic rings. The molecule has 0 spiro atoms. The van der Waals surface area contributed by atoms with Crippen LogP contribution in [-0.2, 0) is 5.41 Å². The number of nitrogens with zero attached hydrogens (tertiary/aromatic N) is 3. The third-order valence-corrected chi connectivity index (χ3v) is 5.67. The third-order valence-electron chi connectivity index (χ3n) is 5.67. The summed E-state index contributed by atoms with van der Waals surface area (Å²) in [5, 5.41) is 0.768. The molecule has 28 heavy (non-hydrogen) atoms. The van der Waals surface area contributed by atoms with Crippen LogP contribution in [0.25, 0.3) is 10.9 Å². The lowest BCUT2D eigenvalue weighted by Gasteiger charge is -2.41. The first-order valence-corrected chi connectivity index (χ1v) is 9.54. The fourth-order valence-corrected chi connectivity index (χ4v) is 4.09. The van der Waals surface area contributed by atoms with E-state index in [2.05, 4.69) is 47.1 Å². The Balaban J connectivity index is 1.72. The normalized spacial score (nSPS) is 19.6. The number of rotatable bonds is 4. The zero-order chi connectivity index (χ0) is 19.7. The van der Waals surface area contributed by atoms with Gasteiger partial charge in [0, 0.05) is 30.0 Å². The monoisotopic (exact) mass is 378 g/mol. The van der Waals surface area contributed by atoms with E-state index >= 15 is 0 Å². The van der Waals surface area contributed by atoms with E-state index in [0.29, 0.717) is 23.3 Å².